The van der Waals surface area contributed by atoms with E-state index in [1.807, 2.05) is 12.1 Å². The second-order valence-corrected chi connectivity index (χ2v) is 16.4. The van der Waals surface area contributed by atoms with Crippen LogP contribution < -0.4 is 15.9 Å². The van der Waals surface area contributed by atoms with Gasteiger partial charge in [-0.05, 0) is 67.8 Å². The highest BCUT2D eigenvalue weighted by Crippen LogP contribution is 2.56. The van der Waals surface area contributed by atoms with Crippen LogP contribution in [0.1, 0.15) is 72.1 Å². The fraction of sp³-hybridized carbons (Fsp3) is 0.297. The van der Waals surface area contributed by atoms with Gasteiger partial charge in [-0.25, -0.2) is 8.42 Å². The lowest BCUT2D eigenvalue weighted by Crippen LogP contribution is -2.33. The summed E-state index contributed by atoms with van der Waals surface area (Å²) in [6.07, 6.45) is 11.0. The maximum atomic E-state index is 12.5. The van der Waals surface area contributed by atoms with Crippen LogP contribution in [0, 0.1) is 0 Å². The molecule has 0 aliphatic carbocycles. The van der Waals surface area contributed by atoms with Crippen LogP contribution in [0.3, 0.4) is 0 Å². The van der Waals surface area contributed by atoms with Gasteiger partial charge in [0.25, 0.3) is 11.8 Å². The quantitative estimate of drug-likeness (QED) is 0.0672. The van der Waals surface area contributed by atoms with Crippen molar-refractivity contribution in [3.8, 4) is 0 Å². The minimum Gasteiger partial charge on any atom is -0.748 e. The van der Waals surface area contributed by atoms with Crippen molar-refractivity contribution in [1.29, 1.82) is 0 Å². The van der Waals surface area contributed by atoms with Crippen molar-refractivity contribution < 1.29 is 22.6 Å². The Bertz CT molecular complexity index is 1490. The van der Waals surface area contributed by atoms with Crippen molar-refractivity contribution >= 4 is 45.1 Å². The number of unbranched alkanes of at least 4 members (excludes halogenated alkanes) is 7. The number of hydrogen-bond donors (Lipinski definition) is 0. The predicted octanol–water partition coefficient (Wildman–Crippen LogP) is 6.56. The molecule has 0 atom stereocenters. The Hall–Kier alpha value is -3.64. The molecular formula is C37H42NO5PS. The number of carbonyl (C=O) groups is 2. The van der Waals surface area contributed by atoms with E-state index >= 15 is 0 Å². The number of nitrogens with zero attached hydrogens (tertiary/aromatic N) is 1. The van der Waals surface area contributed by atoms with Crippen LogP contribution in [0.25, 0.3) is 0 Å². The summed E-state index contributed by atoms with van der Waals surface area (Å²) in [7, 11) is -5.64. The third-order valence-electron chi connectivity index (χ3n) is 8.09. The number of hydrogen-bond acceptors (Lipinski definition) is 5. The van der Waals surface area contributed by atoms with Gasteiger partial charge in [0.05, 0.1) is 27.4 Å². The second kappa shape index (κ2) is 16.6. The number of benzene rings is 4. The molecule has 0 saturated carbocycles. The first kappa shape index (κ1) is 34.2. The van der Waals surface area contributed by atoms with Gasteiger partial charge < -0.3 is 4.55 Å². The smallest absolute Gasteiger partial charge is 0.261 e. The zero-order valence-electron chi connectivity index (χ0n) is 25.9. The van der Waals surface area contributed by atoms with Crippen molar-refractivity contribution in [2.45, 2.75) is 51.4 Å². The molecule has 0 fully saturated rings. The summed E-state index contributed by atoms with van der Waals surface area (Å²) in [5.74, 6) is -0.276. The summed E-state index contributed by atoms with van der Waals surface area (Å²) < 4.78 is 27.2. The van der Waals surface area contributed by atoms with Crippen molar-refractivity contribution in [2.24, 2.45) is 0 Å². The number of carbonyl (C=O) groups excluding carboxylic acids is 2. The van der Waals surface area contributed by atoms with Crippen molar-refractivity contribution in [2.75, 3.05) is 19.0 Å². The maximum absolute atomic E-state index is 12.5. The second-order valence-electron chi connectivity index (χ2n) is 11.4. The molecule has 0 radical (unpaired) electrons. The van der Waals surface area contributed by atoms with Crippen LogP contribution in [-0.2, 0) is 10.1 Å². The molecule has 0 bridgehead atoms. The van der Waals surface area contributed by atoms with E-state index in [0.717, 1.165) is 19.3 Å². The van der Waals surface area contributed by atoms with Gasteiger partial charge in [-0.15, -0.1) is 0 Å². The molecule has 2 amide bonds. The van der Waals surface area contributed by atoms with Crippen LogP contribution in [0.2, 0.25) is 0 Å². The van der Waals surface area contributed by atoms with E-state index in [4.69, 9.17) is 13.0 Å². The Morgan fingerprint density at radius 2 is 0.844 bits per heavy atom. The first-order valence-corrected chi connectivity index (χ1v) is 19.4. The molecule has 1 heterocycles. The molecule has 0 unspecified atom stereocenters. The van der Waals surface area contributed by atoms with Crippen LogP contribution >= 0.6 is 7.26 Å². The van der Waals surface area contributed by atoms with Gasteiger partial charge in [-0.2, -0.15) is 0 Å². The Morgan fingerprint density at radius 3 is 1.22 bits per heavy atom. The Balaban J connectivity index is 0.000000854. The average molecular weight is 644 g/mol. The van der Waals surface area contributed by atoms with Gasteiger partial charge in [0.1, 0.15) is 23.2 Å². The van der Waals surface area contributed by atoms with E-state index in [1.165, 1.54) is 59.1 Å². The lowest BCUT2D eigenvalue weighted by Gasteiger charge is -2.27. The van der Waals surface area contributed by atoms with E-state index < -0.39 is 17.4 Å². The standard InChI is InChI=1S/C36H39NO2P.CH4O3S/c38-35-33-26-16-17-27-34(33)36(39)37(35)28-18-5-3-1-2-4-6-19-29-40(30-20-10-7-11-21-30,31-22-12-8-13-23-31)32-24-14-9-15-25-32;1-5(2,3)4/h7-17,20-27H,1-6,18-19,28-29H2;1H3,(H,2,3,4)/q+1;/p-1. The van der Waals surface area contributed by atoms with Gasteiger partial charge in [-0.1, -0.05) is 98.8 Å². The number of fused-ring (bicyclic) bond motifs is 1. The number of rotatable bonds is 14. The fourth-order valence-corrected chi connectivity index (χ4v) is 10.4. The summed E-state index contributed by atoms with van der Waals surface area (Å²) in [5, 5.41) is 4.39. The molecule has 4 aromatic carbocycles. The number of imide groups is 1. The molecule has 0 saturated heterocycles. The van der Waals surface area contributed by atoms with Gasteiger partial charge in [-0.3, -0.25) is 14.5 Å². The highest BCUT2D eigenvalue weighted by atomic mass is 32.2. The van der Waals surface area contributed by atoms with Crippen molar-refractivity contribution in [1.82, 2.24) is 4.90 Å². The summed E-state index contributed by atoms with van der Waals surface area (Å²) in [6.45, 7) is 0.524. The molecule has 5 rings (SSSR count). The van der Waals surface area contributed by atoms with Gasteiger partial charge >= 0.3 is 0 Å². The molecule has 6 nitrogen and oxygen atoms in total. The largest absolute Gasteiger partial charge is 0.748 e. The van der Waals surface area contributed by atoms with Crippen LogP contribution in [-0.4, -0.2) is 48.6 Å². The average Bonchev–Trinajstić information content (AvgIpc) is 3.29. The summed E-state index contributed by atoms with van der Waals surface area (Å²) in [5.41, 5.74) is 1.09. The molecule has 8 heteroatoms. The van der Waals surface area contributed by atoms with E-state index in [1.54, 1.807) is 12.1 Å². The highest BCUT2D eigenvalue weighted by molar-refractivity contribution is 7.95. The minimum atomic E-state index is -3.92. The molecule has 0 spiro atoms. The van der Waals surface area contributed by atoms with E-state index in [2.05, 4.69) is 91.0 Å². The van der Waals surface area contributed by atoms with Gasteiger partial charge in [0, 0.05) is 12.8 Å². The normalized spacial score (nSPS) is 12.9. The topological polar surface area (TPSA) is 94.6 Å². The first-order chi connectivity index (χ1) is 21.7. The monoisotopic (exact) mass is 643 g/mol. The van der Waals surface area contributed by atoms with Gasteiger partial charge in [0.2, 0.25) is 0 Å². The Labute approximate surface area is 268 Å². The zero-order chi connectivity index (χ0) is 32.1. The molecule has 0 N–H and O–H groups in total. The van der Waals surface area contributed by atoms with E-state index in [0.29, 0.717) is 23.9 Å². The van der Waals surface area contributed by atoms with E-state index in [-0.39, 0.29) is 11.8 Å². The van der Waals surface area contributed by atoms with Crippen molar-refractivity contribution in [3.63, 3.8) is 0 Å². The van der Waals surface area contributed by atoms with Crippen LogP contribution in [0.4, 0.5) is 0 Å². The summed E-state index contributed by atoms with van der Waals surface area (Å²) in [4.78, 5) is 26.5. The molecule has 0 aromatic heterocycles. The third kappa shape index (κ3) is 9.43. The summed E-state index contributed by atoms with van der Waals surface area (Å²) >= 11 is 0. The van der Waals surface area contributed by atoms with Crippen LogP contribution in [0.5, 0.6) is 0 Å². The third-order valence-corrected chi connectivity index (χ3v) is 12.6. The molecular weight excluding hydrogens is 601 g/mol. The lowest BCUT2D eigenvalue weighted by molar-refractivity contribution is 0.0651. The summed E-state index contributed by atoms with van der Waals surface area (Å²) in [6, 6.07) is 40.6. The number of amides is 2. The minimum absolute atomic E-state index is 0.138. The Morgan fingerprint density at radius 1 is 0.533 bits per heavy atom. The fourth-order valence-electron chi connectivity index (χ4n) is 6.00. The SMILES string of the molecule is CS(=O)(=O)[O-].O=C1c2ccccc2C(=O)N1CCCCCCCCCC[P+](c1ccccc1)(c1ccccc1)c1ccccc1. The molecule has 1 aliphatic heterocycles. The Kier molecular flexibility index (Phi) is 12.6. The molecule has 4 aromatic rings. The van der Waals surface area contributed by atoms with E-state index in [9.17, 15) is 9.59 Å². The maximum Gasteiger partial charge on any atom is 0.261 e. The van der Waals surface area contributed by atoms with Crippen LogP contribution in [0.15, 0.2) is 115 Å². The molecule has 236 valence electrons. The first-order valence-electron chi connectivity index (χ1n) is 15.6. The van der Waals surface area contributed by atoms with Crippen molar-refractivity contribution in [3.05, 3.63) is 126 Å². The zero-order valence-corrected chi connectivity index (χ0v) is 27.6. The lowest BCUT2D eigenvalue weighted by atomic mass is 10.1. The van der Waals surface area contributed by atoms with Gasteiger partial charge in [0.15, 0.2) is 0 Å². The highest BCUT2D eigenvalue weighted by Gasteiger charge is 2.44. The molecule has 45 heavy (non-hydrogen) atoms. The predicted molar refractivity (Wildman–Crippen MR) is 184 cm³/mol. The molecule has 1 aliphatic rings.